The van der Waals surface area contributed by atoms with E-state index < -0.39 is 0 Å². The number of aromatic nitrogens is 1. The Morgan fingerprint density at radius 2 is 1.96 bits per heavy atom. The van der Waals surface area contributed by atoms with Crippen LogP contribution in [-0.4, -0.2) is 22.4 Å². The molecular formula is C17H18Cl2N2O2. The highest BCUT2D eigenvalue weighted by Crippen LogP contribution is 2.35. The lowest BCUT2D eigenvalue weighted by molar-refractivity contribution is 0.112. The van der Waals surface area contributed by atoms with E-state index in [-0.39, 0.29) is 0 Å². The summed E-state index contributed by atoms with van der Waals surface area (Å²) in [4.78, 5) is 13.4. The Hall–Kier alpha value is -1.36. The molecule has 1 aliphatic rings. The molecule has 1 saturated carbocycles. The van der Waals surface area contributed by atoms with E-state index in [9.17, 15) is 4.79 Å². The zero-order chi connectivity index (χ0) is 16.6. The van der Waals surface area contributed by atoms with E-state index in [4.69, 9.17) is 27.7 Å². The van der Waals surface area contributed by atoms with Gasteiger partial charge in [-0.05, 0) is 38.8 Å². The second kappa shape index (κ2) is 6.63. The molecule has 6 heteroatoms. The van der Waals surface area contributed by atoms with Gasteiger partial charge in [0.05, 0.1) is 10.7 Å². The Labute approximate surface area is 145 Å². The molecule has 23 heavy (non-hydrogen) atoms. The van der Waals surface area contributed by atoms with Crippen LogP contribution in [0.2, 0.25) is 10.0 Å². The first-order valence-electron chi connectivity index (χ1n) is 7.59. The second-order valence-electron chi connectivity index (χ2n) is 5.99. The van der Waals surface area contributed by atoms with Gasteiger partial charge in [-0.3, -0.25) is 9.69 Å². The van der Waals surface area contributed by atoms with Crippen LogP contribution < -0.4 is 0 Å². The lowest BCUT2D eigenvalue weighted by Crippen LogP contribution is -2.26. The maximum Gasteiger partial charge on any atom is 0.151 e. The summed E-state index contributed by atoms with van der Waals surface area (Å²) in [6.45, 7) is 5.22. The summed E-state index contributed by atoms with van der Waals surface area (Å²) in [6.07, 6.45) is 3.08. The minimum Gasteiger partial charge on any atom is -0.361 e. The zero-order valence-corrected chi connectivity index (χ0v) is 14.6. The molecule has 2 aromatic rings. The first-order chi connectivity index (χ1) is 11.0. The Bertz CT molecular complexity index is 719. The van der Waals surface area contributed by atoms with E-state index in [2.05, 4.69) is 10.1 Å². The molecule has 0 radical (unpaired) electrons. The van der Waals surface area contributed by atoms with Crippen molar-refractivity contribution in [1.29, 1.82) is 0 Å². The van der Waals surface area contributed by atoms with Crippen molar-refractivity contribution in [3.63, 3.8) is 0 Å². The average molecular weight is 353 g/mol. The topological polar surface area (TPSA) is 46.3 Å². The smallest absolute Gasteiger partial charge is 0.151 e. The molecule has 1 fully saturated rings. The zero-order valence-electron chi connectivity index (χ0n) is 13.1. The fraction of sp³-hybridized carbons (Fsp3) is 0.412. The van der Waals surface area contributed by atoms with Crippen LogP contribution in [0.5, 0.6) is 0 Å². The SMILES string of the molecule is Cc1noc(C)c1CN(Cc1c(Cl)ccc(C=O)c1Cl)C1CC1. The Morgan fingerprint density at radius 3 is 2.52 bits per heavy atom. The number of aryl methyl sites for hydroxylation is 2. The highest BCUT2D eigenvalue weighted by molar-refractivity contribution is 6.37. The molecule has 0 atom stereocenters. The summed E-state index contributed by atoms with van der Waals surface area (Å²) in [7, 11) is 0. The molecule has 1 aliphatic carbocycles. The van der Waals surface area contributed by atoms with Crippen LogP contribution in [0.4, 0.5) is 0 Å². The van der Waals surface area contributed by atoms with Crippen molar-refractivity contribution in [3.8, 4) is 0 Å². The average Bonchev–Trinajstić information content (AvgIpc) is 3.32. The Morgan fingerprint density at radius 1 is 1.26 bits per heavy atom. The number of benzene rings is 1. The van der Waals surface area contributed by atoms with Gasteiger partial charge in [-0.25, -0.2) is 0 Å². The van der Waals surface area contributed by atoms with Crippen LogP contribution in [0.25, 0.3) is 0 Å². The third-order valence-electron chi connectivity index (χ3n) is 4.31. The van der Waals surface area contributed by atoms with Crippen LogP contribution >= 0.6 is 23.2 Å². The van der Waals surface area contributed by atoms with E-state index in [1.807, 2.05) is 13.8 Å². The van der Waals surface area contributed by atoms with Gasteiger partial charge >= 0.3 is 0 Å². The van der Waals surface area contributed by atoms with Crippen LogP contribution in [0.1, 0.15) is 45.8 Å². The minimum absolute atomic E-state index is 0.442. The second-order valence-corrected chi connectivity index (χ2v) is 6.77. The quantitative estimate of drug-likeness (QED) is 0.714. The highest BCUT2D eigenvalue weighted by atomic mass is 35.5. The van der Waals surface area contributed by atoms with Crippen molar-refractivity contribution in [2.45, 2.75) is 45.8 Å². The lowest BCUT2D eigenvalue weighted by atomic mass is 10.1. The predicted molar refractivity (Wildman–Crippen MR) is 90.1 cm³/mol. The number of halogens is 2. The lowest BCUT2D eigenvalue weighted by Gasteiger charge is -2.23. The first kappa shape index (κ1) is 16.5. The number of aldehydes is 1. The molecule has 4 nitrogen and oxygen atoms in total. The van der Waals surface area contributed by atoms with Crippen LogP contribution in [0.15, 0.2) is 16.7 Å². The minimum atomic E-state index is 0.442. The molecule has 0 amide bonds. The van der Waals surface area contributed by atoms with Crippen molar-refractivity contribution >= 4 is 29.5 Å². The number of hydrogen-bond donors (Lipinski definition) is 0. The van der Waals surface area contributed by atoms with Gasteiger partial charge in [-0.1, -0.05) is 28.4 Å². The van der Waals surface area contributed by atoms with Crippen LogP contribution in [0, 0.1) is 13.8 Å². The largest absolute Gasteiger partial charge is 0.361 e. The van der Waals surface area contributed by atoms with Gasteiger partial charge in [0.1, 0.15) is 5.76 Å². The van der Waals surface area contributed by atoms with Gasteiger partial charge in [0.25, 0.3) is 0 Å². The van der Waals surface area contributed by atoms with Crippen molar-refractivity contribution in [3.05, 3.63) is 50.3 Å². The molecule has 1 heterocycles. The molecular weight excluding hydrogens is 335 g/mol. The predicted octanol–water partition coefficient (Wildman–Crippen LogP) is 4.58. The molecule has 0 unspecified atom stereocenters. The molecule has 0 bridgehead atoms. The molecule has 0 spiro atoms. The van der Waals surface area contributed by atoms with Gasteiger partial charge in [0.2, 0.25) is 0 Å². The third kappa shape index (κ3) is 3.44. The standard InChI is InChI=1S/C17H18Cl2N2O2/c1-10-14(11(2)23-20-10)7-21(13-4-5-13)8-15-16(18)6-3-12(9-22)17(15)19/h3,6,9,13H,4-5,7-8H2,1-2H3. The third-order valence-corrected chi connectivity index (χ3v) is 5.11. The summed E-state index contributed by atoms with van der Waals surface area (Å²) in [5.74, 6) is 0.840. The molecule has 122 valence electrons. The fourth-order valence-electron chi connectivity index (χ4n) is 2.74. The number of hydrogen-bond acceptors (Lipinski definition) is 4. The van der Waals surface area contributed by atoms with Gasteiger partial charge in [-0.2, -0.15) is 0 Å². The maximum atomic E-state index is 11.1. The van der Waals surface area contributed by atoms with Gasteiger partial charge in [0.15, 0.2) is 6.29 Å². The van der Waals surface area contributed by atoms with Crippen molar-refractivity contribution in [1.82, 2.24) is 10.1 Å². The monoisotopic (exact) mass is 352 g/mol. The van der Waals surface area contributed by atoms with Crippen molar-refractivity contribution in [2.75, 3.05) is 0 Å². The first-order valence-corrected chi connectivity index (χ1v) is 8.34. The van der Waals surface area contributed by atoms with E-state index >= 15 is 0 Å². The number of carbonyl (C=O) groups excluding carboxylic acids is 1. The number of nitrogens with zero attached hydrogens (tertiary/aromatic N) is 2. The molecule has 0 N–H and O–H groups in total. The summed E-state index contributed by atoms with van der Waals surface area (Å²) in [6, 6.07) is 3.89. The molecule has 1 aromatic carbocycles. The van der Waals surface area contributed by atoms with E-state index in [1.54, 1.807) is 12.1 Å². The summed E-state index contributed by atoms with van der Waals surface area (Å²) >= 11 is 12.7. The van der Waals surface area contributed by atoms with E-state index in [0.29, 0.717) is 28.2 Å². The molecule has 0 saturated heterocycles. The summed E-state index contributed by atoms with van der Waals surface area (Å²) < 4.78 is 5.26. The van der Waals surface area contributed by atoms with Crippen molar-refractivity contribution in [2.24, 2.45) is 0 Å². The summed E-state index contributed by atoms with van der Waals surface area (Å²) in [5, 5.41) is 5.05. The van der Waals surface area contributed by atoms with E-state index in [1.165, 1.54) is 0 Å². The number of rotatable bonds is 6. The number of carbonyl (C=O) groups is 1. The van der Waals surface area contributed by atoms with Crippen molar-refractivity contribution < 1.29 is 9.32 Å². The van der Waals surface area contributed by atoms with Gasteiger partial charge < -0.3 is 4.52 Å². The van der Waals surface area contributed by atoms with Gasteiger partial charge in [0, 0.05) is 40.8 Å². The Balaban J connectivity index is 1.88. The highest BCUT2D eigenvalue weighted by Gasteiger charge is 2.31. The van der Waals surface area contributed by atoms with E-state index in [0.717, 1.165) is 48.3 Å². The fourth-order valence-corrected chi connectivity index (χ4v) is 3.27. The summed E-state index contributed by atoms with van der Waals surface area (Å²) in [5.41, 5.74) is 3.29. The van der Waals surface area contributed by atoms with Crippen LogP contribution in [-0.2, 0) is 13.1 Å². The molecule has 3 rings (SSSR count). The van der Waals surface area contributed by atoms with Crippen LogP contribution in [0.3, 0.4) is 0 Å². The van der Waals surface area contributed by atoms with Gasteiger partial charge in [-0.15, -0.1) is 0 Å². The Kier molecular flexibility index (Phi) is 4.76. The molecule has 1 aromatic heterocycles. The maximum absolute atomic E-state index is 11.1. The molecule has 0 aliphatic heterocycles. The normalized spacial score (nSPS) is 14.5.